The molecule has 1 amide bonds. The van der Waals surface area contributed by atoms with Crippen molar-refractivity contribution < 1.29 is 14.6 Å². The van der Waals surface area contributed by atoms with E-state index in [2.05, 4.69) is 18.8 Å². The molecule has 0 spiro atoms. The Morgan fingerprint density at radius 2 is 1.96 bits per heavy atom. The van der Waals surface area contributed by atoms with E-state index in [0.717, 1.165) is 11.3 Å². The zero-order valence-electron chi connectivity index (χ0n) is 15.5. The van der Waals surface area contributed by atoms with Gasteiger partial charge < -0.3 is 9.84 Å². The summed E-state index contributed by atoms with van der Waals surface area (Å²) in [6.45, 7) is 4.75. The van der Waals surface area contributed by atoms with E-state index in [1.54, 1.807) is 29.2 Å². The number of ether oxygens (including phenoxy) is 1. The van der Waals surface area contributed by atoms with Gasteiger partial charge in [0.25, 0.3) is 5.91 Å². The minimum absolute atomic E-state index is 0.0598. The molecule has 140 valence electrons. The van der Waals surface area contributed by atoms with Crippen LogP contribution in [0, 0.1) is 5.92 Å². The minimum atomic E-state index is -0.0598. The number of nitrogens with zero attached hydrogens (tertiary/aromatic N) is 2. The summed E-state index contributed by atoms with van der Waals surface area (Å²) in [7, 11) is 1.50. The average Bonchev–Trinajstić information content (AvgIpc) is 2.92. The lowest BCUT2D eigenvalue weighted by Gasteiger charge is -2.17. The van der Waals surface area contributed by atoms with Crippen LogP contribution in [-0.4, -0.2) is 34.7 Å². The number of aromatic hydroxyl groups is 1. The molecule has 6 heteroatoms. The van der Waals surface area contributed by atoms with Crippen LogP contribution in [0.2, 0.25) is 0 Å². The van der Waals surface area contributed by atoms with Gasteiger partial charge >= 0.3 is 0 Å². The minimum Gasteiger partial charge on any atom is -0.504 e. The average molecular weight is 382 g/mol. The Kier molecular flexibility index (Phi) is 5.86. The van der Waals surface area contributed by atoms with Crippen molar-refractivity contribution in [3.8, 4) is 11.5 Å². The van der Waals surface area contributed by atoms with Gasteiger partial charge in [-0.3, -0.25) is 9.69 Å². The van der Waals surface area contributed by atoms with Crippen molar-refractivity contribution in [2.45, 2.75) is 13.8 Å². The van der Waals surface area contributed by atoms with Crippen LogP contribution in [0.3, 0.4) is 0 Å². The van der Waals surface area contributed by atoms with Crippen LogP contribution >= 0.6 is 11.8 Å². The number of hydrogen-bond acceptors (Lipinski definition) is 5. The van der Waals surface area contributed by atoms with Crippen LogP contribution in [0.15, 0.2) is 58.4 Å². The highest BCUT2D eigenvalue weighted by atomic mass is 32.2. The van der Waals surface area contributed by atoms with E-state index in [-0.39, 0.29) is 11.7 Å². The number of carbonyl (C=O) groups excluding carboxylic acids is 1. The Morgan fingerprint density at radius 3 is 2.63 bits per heavy atom. The number of phenols is 1. The van der Waals surface area contributed by atoms with Crippen LogP contribution in [0.25, 0.3) is 6.08 Å². The fourth-order valence-electron chi connectivity index (χ4n) is 2.67. The van der Waals surface area contributed by atoms with Gasteiger partial charge in [0, 0.05) is 6.54 Å². The van der Waals surface area contributed by atoms with Gasteiger partial charge in [-0.25, -0.2) is 4.99 Å². The van der Waals surface area contributed by atoms with Gasteiger partial charge in [0.2, 0.25) is 0 Å². The van der Waals surface area contributed by atoms with Gasteiger partial charge in [0.1, 0.15) is 0 Å². The molecule has 2 aromatic rings. The number of carbonyl (C=O) groups is 1. The lowest BCUT2D eigenvalue weighted by molar-refractivity contribution is -0.122. The van der Waals surface area contributed by atoms with Crippen molar-refractivity contribution in [2.24, 2.45) is 10.9 Å². The van der Waals surface area contributed by atoms with E-state index in [1.807, 2.05) is 30.3 Å². The molecule has 1 aliphatic rings. The van der Waals surface area contributed by atoms with Gasteiger partial charge in [0.05, 0.1) is 17.7 Å². The summed E-state index contributed by atoms with van der Waals surface area (Å²) in [5.41, 5.74) is 1.60. The highest BCUT2D eigenvalue weighted by molar-refractivity contribution is 8.18. The molecule has 1 aliphatic heterocycles. The molecule has 1 N–H and O–H groups in total. The van der Waals surface area contributed by atoms with Crippen molar-refractivity contribution in [3.05, 3.63) is 59.0 Å². The first kappa shape index (κ1) is 19.0. The molecule has 5 nitrogen and oxygen atoms in total. The molecule has 0 aromatic heterocycles. The molecular formula is C21H22N2O3S. The van der Waals surface area contributed by atoms with E-state index in [9.17, 15) is 9.90 Å². The number of amidine groups is 1. The number of para-hydroxylation sites is 1. The fourth-order valence-corrected chi connectivity index (χ4v) is 3.67. The topological polar surface area (TPSA) is 62.1 Å². The van der Waals surface area contributed by atoms with Gasteiger partial charge in [-0.2, -0.15) is 0 Å². The lowest BCUT2D eigenvalue weighted by atomic mass is 10.1. The molecule has 27 heavy (non-hydrogen) atoms. The molecule has 0 unspecified atom stereocenters. The Hall–Kier alpha value is -2.73. The Bertz CT molecular complexity index is 892. The SMILES string of the molecule is COc1cc(/C=C2\SC(=Nc3ccccc3)N(CC(C)C)C2=O)ccc1O. The van der Waals surface area contributed by atoms with Crippen molar-refractivity contribution in [1.82, 2.24) is 4.90 Å². The zero-order chi connectivity index (χ0) is 19.4. The summed E-state index contributed by atoms with van der Waals surface area (Å²) in [6.07, 6.45) is 1.80. The van der Waals surface area contributed by atoms with Gasteiger partial charge in [-0.05, 0) is 53.6 Å². The third-order valence-corrected chi connectivity index (χ3v) is 4.92. The number of benzene rings is 2. The number of amides is 1. The Morgan fingerprint density at radius 1 is 1.22 bits per heavy atom. The molecule has 2 aromatic carbocycles. The van der Waals surface area contributed by atoms with Crippen LogP contribution in [0.1, 0.15) is 19.4 Å². The molecule has 1 heterocycles. The van der Waals surface area contributed by atoms with Crippen molar-refractivity contribution in [3.63, 3.8) is 0 Å². The maximum atomic E-state index is 12.9. The summed E-state index contributed by atoms with van der Waals surface area (Å²) in [5.74, 6) is 0.703. The maximum absolute atomic E-state index is 12.9. The van der Waals surface area contributed by atoms with Crippen LogP contribution in [-0.2, 0) is 4.79 Å². The quantitative estimate of drug-likeness (QED) is 0.764. The number of hydrogen-bond donors (Lipinski definition) is 1. The second kappa shape index (κ2) is 8.31. The second-order valence-electron chi connectivity index (χ2n) is 6.58. The van der Waals surface area contributed by atoms with Crippen LogP contribution < -0.4 is 4.74 Å². The molecule has 0 atom stereocenters. The number of thioether (sulfide) groups is 1. The summed E-state index contributed by atoms with van der Waals surface area (Å²) in [5, 5.41) is 10.4. The normalized spacial score (nSPS) is 17.3. The van der Waals surface area contributed by atoms with Gasteiger partial charge in [-0.15, -0.1) is 0 Å². The number of aliphatic imine (C=N–C) groups is 1. The number of methoxy groups -OCH3 is 1. The number of rotatable bonds is 5. The van der Waals surface area contributed by atoms with Crippen molar-refractivity contribution in [2.75, 3.05) is 13.7 Å². The molecule has 0 aliphatic carbocycles. The van der Waals surface area contributed by atoms with Crippen LogP contribution in [0.5, 0.6) is 11.5 Å². The summed E-state index contributed by atoms with van der Waals surface area (Å²) in [6, 6.07) is 14.6. The van der Waals surface area contributed by atoms with Gasteiger partial charge in [-0.1, -0.05) is 38.1 Å². The van der Waals surface area contributed by atoms with E-state index < -0.39 is 0 Å². The molecule has 3 rings (SSSR count). The molecule has 0 bridgehead atoms. The molecule has 0 saturated carbocycles. The second-order valence-corrected chi connectivity index (χ2v) is 7.59. The monoisotopic (exact) mass is 382 g/mol. The standard InChI is InChI=1S/C21H22N2O3S/c1-14(2)13-23-20(25)19(12-15-9-10-17(24)18(11-15)26-3)27-21(23)22-16-7-5-4-6-8-16/h4-12,14,24H,13H2,1-3H3/b19-12-,22-21?. The first-order valence-electron chi connectivity index (χ1n) is 8.70. The molecule has 0 radical (unpaired) electrons. The van der Waals surface area contributed by atoms with E-state index >= 15 is 0 Å². The molecule has 1 saturated heterocycles. The van der Waals surface area contributed by atoms with E-state index in [0.29, 0.717) is 28.3 Å². The smallest absolute Gasteiger partial charge is 0.266 e. The maximum Gasteiger partial charge on any atom is 0.266 e. The number of phenolic OH excluding ortho intramolecular Hbond substituents is 1. The fraction of sp³-hybridized carbons (Fsp3) is 0.238. The summed E-state index contributed by atoms with van der Waals surface area (Å²) in [4.78, 5) is 19.9. The van der Waals surface area contributed by atoms with Gasteiger partial charge in [0.15, 0.2) is 16.7 Å². The third-order valence-electron chi connectivity index (χ3n) is 3.92. The Labute approximate surface area is 163 Å². The summed E-state index contributed by atoms with van der Waals surface area (Å²) >= 11 is 1.36. The van der Waals surface area contributed by atoms with Crippen LogP contribution in [0.4, 0.5) is 5.69 Å². The van der Waals surface area contributed by atoms with E-state index in [1.165, 1.54) is 18.9 Å². The summed E-state index contributed by atoms with van der Waals surface area (Å²) < 4.78 is 5.15. The molecular weight excluding hydrogens is 360 g/mol. The first-order chi connectivity index (χ1) is 13.0. The predicted octanol–water partition coefficient (Wildman–Crippen LogP) is 4.66. The highest BCUT2D eigenvalue weighted by Gasteiger charge is 2.33. The largest absolute Gasteiger partial charge is 0.504 e. The zero-order valence-corrected chi connectivity index (χ0v) is 16.4. The lowest BCUT2D eigenvalue weighted by Crippen LogP contribution is -2.32. The highest BCUT2D eigenvalue weighted by Crippen LogP contribution is 2.36. The van der Waals surface area contributed by atoms with Crippen molar-refractivity contribution >= 4 is 34.6 Å². The van der Waals surface area contributed by atoms with E-state index in [4.69, 9.17) is 4.74 Å². The Balaban J connectivity index is 1.95. The third kappa shape index (κ3) is 4.52. The van der Waals surface area contributed by atoms with Crippen molar-refractivity contribution in [1.29, 1.82) is 0 Å². The molecule has 1 fully saturated rings. The first-order valence-corrected chi connectivity index (χ1v) is 9.51. The predicted molar refractivity (Wildman–Crippen MR) is 110 cm³/mol.